The molecule has 106 valence electrons. The Morgan fingerprint density at radius 1 is 1.47 bits per heavy atom. The van der Waals surface area contributed by atoms with Crippen LogP contribution in [0.15, 0.2) is 22.7 Å². The Morgan fingerprint density at radius 3 is 2.89 bits per heavy atom. The van der Waals surface area contributed by atoms with Gasteiger partial charge in [-0.25, -0.2) is 4.39 Å². The molecule has 1 aromatic carbocycles. The topological polar surface area (TPSA) is 29.3 Å². The monoisotopic (exact) mass is 328 g/mol. The fourth-order valence-corrected chi connectivity index (χ4v) is 3.13. The Kier molecular flexibility index (Phi) is 5.37. The number of piperidine rings is 1. The van der Waals surface area contributed by atoms with Gasteiger partial charge >= 0.3 is 0 Å². The number of nitrogens with zero attached hydrogens (tertiary/aromatic N) is 1. The van der Waals surface area contributed by atoms with Crippen LogP contribution in [-0.2, 0) is 6.54 Å². The minimum absolute atomic E-state index is 0.190. The molecule has 2 atom stereocenters. The fraction of sp³-hybridized carbons (Fsp3) is 0.600. The largest absolute Gasteiger partial charge is 0.329 e. The van der Waals surface area contributed by atoms with E-state index in [0.717, 1.165) is 24.6 Å². The second-order valence-corrected chi connectivity index (χ2v) is 6.26. The zero-order valence-electron chi connectivity index (χ0n) is 11.4. The summed E-state index contributed by atoms with van der Waals surface area (Å²) >= 11 is 3.19. The van der Waals surface area contributed by atoms with Crippen molar-refractivity contribution < 1.29 is 4.39 Å². The maximum absolute atomic E-state index is 13.5. The van der Waals surface area contributed by atoms with E-state index in [1.165, 1.54) is 19.3 Å². The third kappa shape index (κ3) is 3.77. The second-order valence-electron chi connectivity index (χ2n) is 5.41. The summed E-state index contributed by atoms with van der Waals surface area (Å²) in [6.07, 6.45) is 3.63. The number of halogens is 2. The summed E-state index contributed by atoms with van der Waals surface area (Å²) in [5.41, 5.74) is 6.92. The minimum atomic E-state index is -0.190. The molecular formula is C15H22BrFN2. The number of nitrogens with two attached hydrogens (primary N) is 1. The van der Waals surface area contributed by atoms with Crippen molar-refractivity contribution >= 4 is 15.9 Å². The molecule has 0 amide bonds. The van der Waals surface area contributed by atoms with Crippen molar-refractivity contribution in [3.05, 3.63) is 34.1 Å². The third-order valence-corrected chi connectivity index (χ3v) is 4.81. The van der Waals surface area contributed by atoms with E-state index >= 15 is 0 Å². The molecule has 1 saturated heterocycles. The standard InChI is InChI=1S/C15H22BrFN2/c1-2-11-5-6-19(13(7-11)9-18)10-12-3-4-14(16)15(17)8-12/h3-4,8,11,13H,2,5-7,9-10,18H2,1H3. The van der Waals surface area contributed by atoms with Gasteiger partial charge in [-0.2, -0.15) is 0 Å². The Labute approximate surface area is 123 Å². The van der Waals surface area contributed by atoms with Gasteiger partial charge in [0.2, 0.25) is 0 Å². The van der Waals surface area contributed by atoms with E-state index in [0.29, 0.717) is 17.1 Å². The third-order valence-electron chi connectivity index (χ3n) is 4.17. The van der Waals surface area contributed by atoms with Crippen LogP contribution in [0.2, 0.25) is 0 Å². The molecule has 0 aromatic heterocycles. The van der Waals surface area contributed by atoms with Crippen LogP contribution in [0.4, 0.5) is 4.39 Å². The molecule has 0 bridgehead atoms. The molecule has 1 aromatic rings. The molecule has 4 heteroatoms. The maximum Gasteiger partial charge on any atom is 0.137 e. The molecule has 0 radical (unpaired) electrons. The molecule has 0 saturated carbocycles. The van der Waals surface area contributed by atoms with Crippen LogP contribution in [0.25, 0.3) is 0 Å². The van der Waals surface area contributed by atoms with E-state index < -0.39 is 0 Å². The van der Waals surface area contributed by atoms with Crippen molar-refractivity contribution in [1.29, 1.82) is 0 Å². The van der Waals surface area contributed by atoms with E-state index in [1.54, 1.807) is 12.1 Å². The first-order valence-electron chi connectivity index (χ1n) is 7.02. The predicted octanol–water partition coefficient (Wildman–Crippen LogP) is 3.54. The van der Waals surface area contributed by atoms with Crippen molar-refractivity contribution in [1.82, 2.24) is 4.90 Å². The lowest BCUT2D eigenvalue weighted by molar-refractivity contribution is 0.107. The van der Waals surface area contributed by atoms with Crippen LogP contribution in [0.3, 0.4) is 0 Å². The summed E-state index contributed by atoms with van der Waals surface area (Å²) in [6.45, 7) is 4.80. The predicted molar refractivity (Wildman–Crippen MR) is 80.4 cm³/mol. The van der Waals surface area contributed by atoms with Gasteiger partial charge in [-0.15, -0.1) is 0 Å². The summed E-state index contributed by atoms with van der Waals surface area (Å²) in [6, 6.07) is 5.81. The van der Waals surface area contributed by atoms with Crippen molar-refractivity contribution in [2.24, 2.45) is 11.7 Å². The maximum atomic E-state index is 13.5. The molecular weight excluding hydrogens is 307 g/mol. The van der Waals surface area contributed by atoms with Gasteiger partial charge in [-0.3, -0.25) is 4.90 Å². The van der Waals surface area contributed by atoms with Gasteiger partial charge in [0.05, 0.1) is 4.47 Å². The van der Waals surface area contributed by atoms with Crippen molar-refractivity contribution in [2.45, 2.75) is 38.8 Å². The van der Waals surface area contributed by atoms with E-state index in [4.69, 9.17) is 5.73 Å². The fourth-order valence-electron chi connectivity index (χ4n) is 2.88. The molecule has 2 rings (SSSR count). The summed E-state index contributed by atoms with van der Waals surface area (Å²) in [4.78, 5) is 2.40. The summed E-state index contributed by atoms with van der Waals surface area (Å²) in [5, 5.41) is 0. The van der Waals surface area contributed by atoms with Gasteiger partial charge in [-0.1, -0.05) is 19.4 Å². The molecule has 1 fully saturated rings. The zero-order valence-corrected chi connectivity index (χ0v) is 13.0. The molecule has 2 N–H and O–H groups in total. The lowest BCUT2D eigenvalue weighted by atomic mass is 9.88. The van der Waals surface area contributed by atoms with Crippen molar-refractivity contribution in [3.8, 4) is 0 Å². The Bertz CT molecular complexity index is 425. The highest BCUT2D eigenvalue weighted by Gasteiger charge is 2.26. The molecule has 1 aliphatic rings. The van der Waals surface area contributed by atoms with Crippen LogP contribution in [0.5, 0.6) is 0 Å². The minimum Gasteiger partial charge on any atom is -0.329 e. The lowest BCUT2D eigenvalue weighted by Gasteiger charge is -2.38. The van der Waals surface area contributed by atoms with E-state index in [1.807, 2.05) is 6.07 Å². The average molecular weight is 329 g/mol. The number of rotatable bonds is 4. The summed E-state index contributed by atoms with van der Waals surface area (Å²) < 4.78 is 14.1. The Balaban J connectivity index is 2.03. The normalized spacial score (nSPS) is 24.6. The highest BCUT2D eigenvalue weighted by molar-refractivity contribution is 9.10. The van der Waals surface area contributed by atoms with Gasteiger partial charge in [0.25, 0.3) is 0 Å². The second kappa shape index (κ2) is 6.82. The van der Waals surface area contributed by atoms with Gasteiger partial charge in [0.1, 0.15) is 5.82 Å². The van der Waals surface area contributed by atoms with Gasteiger partial charge < -0.3 is 5.73 Å². The Morgan fingerprint density at radius 2 is 2.26 bits per heavy atom. The van der Waals surface area contributed by atoms with Crippen LogP contribution in [0, 0.1) is 11.7 Å². The smallest absolute Gasteiger partial charge is 0.137 e. The quantitative estimate of drug-likeness (QED) is 0.915. The molecule has 2 unspecified atom stereocenters. The number of hydrogen-bond acceptors (Lipinski definition) is 2. The van der Waals surface area contributed by atoms with Crippen LogP contribution < -0.4 is 5.73 Å². The average Bonchev–Trinajstić information content (AvgIpc) is 2.43. The van der Waals surface area contributed by atoms with Crippen LogP contribution in [0.1, 0.15) is 31.7 Å². The number of benzene rings is 1. The summed E-state index contributed by atoms with van der Waals surface area (Å²) in [7, 11) is 0. The van der Waals surface area contributed by atoms with E-state index in [2.05, 4.69) is 27.8 Å². The molecule has 2 nitrogen and oxygen atoms in total. The first kappa shape index (κ1) is 14.9. The zero-order chi connectivity index (χ0) is 13.8. The van der Waals surface area contributed by atoms with Crippen LogP contribution >= 0.6 is 15.9 Å². The first-order chi connectivity index (χ1) is 9.13. The highest BCUT2D eigenvalue weighted by Crippen LogP contribution is 2.27. The molecule has 1 aliphatic heterocycles. The highest BCUT2D eigenvalue weighted by atomic mass is 79.9. The number of hydrogen-bond donors (Lipinski definition) is 1. The van der Waals surface area contributed by atoms with Gasteiger partial charge in [-0.05, 0) is 58.9 Å². The molecule has 1 heterocycles. The van der Waals surface area contributed by atoms with Gasteiger partial charge in [0, 0.05) is 19.1 Å². The summed E-state index contributed by atoms with van der Waals surface area (Å²) in [5.74, 6) is 0.608. The molecule has 0 spiro atoms. The Hall–Kier alpha value is -0.450. The van der Waals surface area contributed by atoms with Crippen LogP contribution in [-0.4, -0.2) is 24.0 Å². The SMILES string of the molecule is CCC1CCN(Cc2ccc(Br)c(F)c2)C(CN)C1. The van der Waals surface area contributed by atoms with Crippen molar-refractivity contribution in [2.75, 3.05) is 13.1 Å². The van der Waals surface area contributed by atoms with E-state index in [9.17, 15) is 4.39 Å². The van der Waals surface area contributed by atoms with Crippen molar-refractivity contribution in [3.63, 3.8) is 0 Å². The molecule has 0 aliphatic carbocycles. The van der Waals surface area contributed by atoms with Gasteiger partial charge in [0.15, 0.2) is 0 Å². The number of likely N-dealkylation sites (tertiary alicyclic amines) is 1. The lowest BCUT2D eigenvalue weighted by Crippen LogP contribution is -2.46. The first-order valence-corrected chi connectivity index (χ1v) is 7.81. The van der Waals surface area contributed by atoms with E-state index in [-0.39, 0.29) is 5.82 Å². The molecule has 19 heavy (non-hydrogen) atoms.